The van der Waals surface area contributed by atoms with E-state index in [9.17, 15) is 14.4 Å². The zero-order valence-corrected chi connectivity index (χ0v) is 41.8. The first kappa shape index (κ1) is 46.6. The number of aromatic amines is 1. The van der Waals surface area contributed by atoms with Gasteiger partial charge in [0.25, 0.3) is 5.91 Å². The molecule has 0 spiro atoms. The Balaban J connectivity index is 0.776. The minimum absolute atomic E-state index is 0.0277. The van der Waals surface area contributed by atoms with Crippen molar-refractivity contribution in [2.75, 3.05) is 62.3 Å². The number of H-pyrrole nitrogens is 1. The van der Waals surface area contributed by atoms with Gasteiger partial charge in [-0.05, 0) is 97.7 Å². The number of rotatable bonds is 12. The maximum Gasteiger partial charge on any atom is 0.329 e. The van der Waals surface area contributed by atoms with E-state index in [1.807, 2.05) is 49.2 Å². The predicted octanol–water partition coefficient (Wildman–Crippen LogP) is 6.86. The van der Waals surface area contributed by atoms with Crippen molar-refractivity contribution in [3.05, 3.63) is 94.4 Å². The van der Waals surface area contributed by atoms with Gasteiger partial charge in [0.15, 0.2) is 11.6 Å². The van der Waals surface area contributed by atoms with Gasteiger partial charge in [0.2, 0.25) is 5.91 Å². The monoisotopic (exact) mass is 1000 g/mol. The van der Waals surface area contributed by atoms with Crippen LogP contribution in [0.4, 0.5) is 20.8 Å². The van der Waals surface area contributed by atoms with Crippen molar-refractivity contribution in [2.45, 2.75) is 95.7 Å². The van der Waals surface area contributed by atoms with Crippen molar-refractivity contribution >= 4 is 62.2 Å². The number of hydrogen-bond donors (Lipinski definition) is 3. The highest BCUT2D eigenvalue weighted by Crippen LogP contribution is 2.53. The van der Waals surface area contributed by atoms with E-state index in [2.05, 4.69) is 60.9 Å². The SMILES string of the molecule is Cc1c(F)cc2[nH]ncc2c1-c1c(C2CC2)cc2c(N3C[C@@H]4C[C@H]3CN4)nc(OC3CCOCC3)nc2c1OCc1ccc(C(=O)N2CCN(Cc3ccc4c(N5CCC(=O)NC5=O)nn(C)c4c3)C[C@@H]2C)cc1. The van der Waals surface area contributed by atoms with Gasteiger partial charge >= 0.3 is 12.0 Å². The van der Waals surface area contributed by atoms with Crippen molar-refractivity contribution in [1.29, 1.82) is 0 Å². The van der Waals surface area contributed by atoms with Crippen LogP contribution in [-0.4, -0.2) is 134 Å². The number of piperazine rings is 2. The van der Waals surface area contributed by atoms with Crippen LogP contribution in [0.3, 0.4) is 0 Å². The summed E-state index contributed by atoms with van der Waals surface area (Å²) in [5.41, 5.74) is 7.79. The number of nitrogens with one attached hydrogen (secondary N) is 3. The Bertz CT molecular complexity index is 3390. The number of urea groups is 1. The average Bonchev–Trinajstić information content (AvgIpc) is 3.63. The van der Waals surface area contributed by atoms with Crippen LogP contribution in [0.15, 0.2) is 60.8 Å². The van der Waals surface area contributed by atoms with Gasteiger partial charge in [0.1, 0.15) is 29.9 Å². The zero-order valence-electron chi connectivity index (χ0n) is 41.8. The molecule has 6 fully saturated rings. The number of nitrogens with zero attached hydrogens (tertiary/aromatic N) is 9. The number of ether oxygens (including phenoxy) is 3. The number of fused-ring (bicyclic) bond motifs is 5. The molecule has 5 saturated heterocycles. The molecule has 13 rings (SSSR count). The Kier molecular flexibility index (Phi) is 11.7. The molecule has 0 unspecified atom stereocenters. The molecule has 3 atom stereocenters. The second kappa shape index (κ2) is 18.6. The molecule has 18 nitrogen and oxygen atoms in total. The second-order valence-corrected chi connectivity index (χ2v) is 21.1. The van der Waals surface area contributed by atoms with E-state index in [4.69, 9.17) is 24.2 Å². The summed E-state index contributed by atoms with van der Waals surface area (Å²) in [5.74, 6) is 1.51. The van der Waals surface area contributed by atoms with Crippen molar-refractivity contribution < 1.29 is 33.0 Å². The molecule has 1 aliphatic carbocycles. The van der Waals surface area contributed by atoms with Crippen molar-refractivity contribution in [3.8, 4) is 22.9 Å². The third kappa shape index (κ3) is 8.43. The summed E-state index contributed by atoms with van der Waals surface area (Å²) in [5, 5.41) is 20.6. The van der Waals surface area contributed by atoms with Crippen LogP contribution in [0.25, 0.3) is 43.8 Å². The van der Waals surface area contributed by atoms with Gasteiger partial charge in [-0.1, -0.05) is 18.2 Å². The smallest absolute Gasteiger partial charge is 0.329 e. The van der Waals surface area contributed by atoms with E-state index in [1.165, 1.54) is 11.0 Å². The summed E-state index contributed by atoms with van der Waals surface area (Å²) < 4.78 is 37.3. The molecular weight excluding hydrogens is 944 g/mol. The number of benzene rings is 4. The molecule has 1 saturated carbocycles. The lowest BCUT2D eigenvalue weighted by Gasteiger charge is -2.40. The van der Waals surface area contributed by atoms with Crippen LogP contribution in [0.2, 0.25) is 0 Å². The summed E-state index contributed by atoms with van der Waals surface area (Å²) in [6.07, 6.45) is 6.41. The van der Waals surface area contributed by atoms with Crippen molar-refractivity contribution in [1.82, 2.24) is 50.4 Å². The molecule has 4 aromatic carbocycles. The van der Waals surface area contributed by atoms with E-state index in [-0.39, 0.29) is 61.3 Å². The number of aromatic nitrogens is 6. The van der Waals surface area contributed by atoms with E-state index in [1.54, 1.807) is 10.9 Å². The van der Waals surface area contributed by atoms with Crippen LogP contribution >= 0.6 is 0 Å². The predicted molar refractivity (Wildman–Crippen MR) is 276 cm³/mol. The highest BCUT2D eigenvalue weighted by molar-refractivity contribution is 6.09. The highest BCUT2D eigenvalue weighted by atomic mass is 19.1. The number of carbonyl (C=O) groups is 3. The lowest BCUT2D eigenvalue weighted by Crippen LogP contribution is -2.53. The summed E-state index contributed by atoms with van der Waals surface area (Å²) in [7, 11) is 1.86. The van der Waals surface area contributed by atoms with Crippen molar-refractivity contribution in [3.63, 3.8) is 0 Å². The van der Waals surface area contributed by atoms with Crippen LogP contribution in [0.5, 0.6) is 11.8 Å². The topological polar surface area (TPSA) is 188 Å². The fourth-order valence-electron chi connectivity index (χ4n) is 12.0. The molecule has 3 aromatic heterocycles. The molecule has 5 aliphatic heterocycles. The number of carbonyl (C=O) groups excluding carboxylic acids is 3. The molecule has 3 N–H and O–H groups in total. The van der Waals surface area contributed by atoms with Crippen LogP contribution < -0.4 is 29.9 Å². The number of aryl methyl sites for hydroxylation is 1. The maximum atomic E-state index is 16.1. The van der Waals surface area contributed by atoms with Crippen molar-refractivity contribution in [2.24, 2.45) is 7.05 Å². The number of imide groups is 1. The summed E-state index contributed by atoms with van der Waals surface area (Å²) in [6.45, 7) is 9.94. The molecular formula is C55H59FN12O6. The first-order chi connectivity index (χ1) is 36.0. The van der Waals surface area contributed by atoms with Crippen LogP contribution in [-0.2, 0) is 29.7 Å². The number of amides is 4. The van der Waals surface area contributed by atoms with E-state index >= 15 is 4.39 Å². The van der Waals surface area contributed by atoms with Gasteiger partial charge in [0.05, 0.1) is 30.4 Å². The Morgan fingerprint density at radius 3 is 2.49 bits per heavy atom. The summed E-state index contributed by atoms with van der Waals surface area (Å²) in [4.78, 5) is 57.3. The second-order valence-electron chi connectivity index (χ2n) is 21.1. The van der Waals surface area contributed by atoms with Crippen LogP contribution in [0.1, 0.15) is 84.0 Å². The largest absolute Gasteiger partial charge is 0.486 e. The Labute approximate surface area is 426 Å². The first-order valence-electron chi connectivity index (χ1n) is 26.1. The van der Waals surface area contributed by atoms with Crippen LogP contribution in [0, 0.1) is 12.7 Å². The summed E-state index contributed by atoms with van der Waals surface area (Å²) >= 11 is 0. The quantitative estimate of drug-likeness (QED) is 0.115. The van der Waals surface area contributed by atoms with Gasteiger partial charge in [-0.2, -0.15) is 20.2 Å². The molecule has 2 bridgehead atoms. The number of hydrogen-bond acceptors (Lipinski definition) is 13. The fourth-order valence-corrected chi connectivity index (χ4v) is 12.0. The van der Waals surface area contributed by atoms with Gasteiger partial charge in [0, 0.05) is 123 Å². The zero-order chi connectivity index (χ0) is 50.4. The van der Waals surface area contributed by atoms with Gasteiger partial charge in [-0.25, -0.2) is 9.18 Å². The molecule has 7 aromatic rings. The first-order valence-corrected chi connectivity index (χ1v) is 26.1. The molecule has 6 aliphatic rings. The average molecular weight is 1000 g/mol. The molecule has 74 heavy (non-hydrogen) atoms. The van der Waals surface area contributed by atoms with E-state index < -0.39 is 6.03 Å². The lowest BCUT2D eigenvalue weighted by molar-refractivity contribution is -0.120. The Morgan fingerprint density at radius 2 is 1.73 bits per heavy atom. The minimum Gasteiger partial charge on any atom is -0.486 e. The van der Waals surface area contributed by atoms with Gasteiger partial charge in [-0.15, -0.1) is 0 Å². The molecule has 382 valence electrons. The normalized spacial score (nSPS) is 21.7. The van der Waals surface area contributed by atoms with Gasteiger partial charge < -0.3 is 29.3 Å². The summed E-state index contributed by atoms with van der Waals surface area (Å²) in [6, 6.07) is 18.0. The minimum atomic E-state index is -0.460. The molecule has 4 amide bonds. The molecule has 19 heteroatoms. The number of anilines is 2. The lowest BCUT2D eigenvalue weighted by atomic mass is 9.88. The molecule has 8 heterocycles. The Hall–Kier alpha value is -7.22. The number of halogens is 1. The third-order valence-electron chi connectivity index (χ3n) is 16.1. The third-order valence-corrected chi connectivity index (χ3v) is 16.1. The van der Waals surface area contributed by atoms with E-state index in [0.29, 0.717) is 85.2 Å². The Morgan fingerprint density at radius 1 is 0.905 bits per heavy atom. The maximum absolute atomic E-state index is 16.1. The fraction of sp³-hybridized carbons (Fsp3) is 0.436. The standard InChI is InChI=1S/C55H59FN12O6/c1-30-26-65(27-33-6-11-39-45(20-33)64(3)63-52(39)67-15-12-46(69)59-55(67)71)16-17-66(30)53(70)35-7-4-32(5-8-35)29-73-50-48(47-31(2)43(56)23-44-42(47)25-58-62-44)40(34-9-10-34)22-41-49(50)60-54(74-38-13-18-72-19-14-38)61-51(41)68-28-36-21-37(68)24-57-36/h4-8,11,20,22-23,25,30,34,36-38,57H,9-10,12-19,21,24,26-29H2,1-3H3,(H,58,62)(H,59,69,71)/t30-,36-,37-/m0/s1. The molecule has 0 radical (unpaired) electrons. The highest BCUT2D eigenvalue weighted by Gasteiger charge is 2.41. The van der Waals surface area contributed by atoms with Gasteiger partial charge in [-0.3, -0.25) is 34.5 Å². The van der Waals surface area contributed by atoms with E-state index in [0.717, 1.165) is 101 Å².